The summed E-state index contributed by atoms with van der Waals surface area (Å²) in [4.78, 5) is 30.2. The van der Waals surface area contributed by atoms with Gasteiger partial charge in [0.15, 0.2) is 0 Å². The lowest BCUT2D eigenvalue weighted by Crippen LogP contribution is -2.29. The van der Waals surface area contributed by atoms with Gasteiger partial charge in [-0.1, -0.05) is 24.3 Å². The third-order valence-electron chi connectivity index (χ3n) is 6.48. The van der Waals surface area contributed by atoms with E-state index in [0.717, 1.165) is 11.3 Å². The van der Waals surface area contributed by atoms with Crippen molar-refractivity contribution in [3.05, 3.63) is 89.0 Å². The van der Waals surface area contributed by atoms with Gasteiger partial charge < -0.3 is 19.5 Å². The highest BCUT2D eigenvalue weighted by atomic mass is 16.5. The Morgan fingerprint density at radius 2 is 1.83 bits per heavy atom. The number of rotatable bonds is 4. The van der Waals surface area contributed by atoms with Crippen LogP contribution in [-0.4, -0.2) is 44.1 Å². The molecule has 7 heteroatoms. The standard InChI is InChI=1S/C28H26N2O5/c1-17-5-4-6-20(15-17)30-25(18-7-10-21(34-3)11-8-18)24(27(32)28(30)33)26(31)19-9-12-23-22(16-19)29(2)13-14-35-23/h4-12,15-16,25,31H,13-14H2,1-3H3/b26-24-. The van der Waals surface area contributed by atoms with Gasteiger partial charge in [-0.05, 0) is 60.5 Å². The number of aryl methyl sites for hydroxylation is 1. The number of methoxy groups -OCH3 is 1. The summed E-state index contributed by atoms with van der Waals surface area (Å²) in [6, 6.07) is 19.0. The molecule has 2 aliphatic heterocycles. The van der Waals surface area contributed by atoms with Crippen molar-refractivity contribution in [2.75, 3.05) is 37.1 Å². The third kappa shape index (κ3) is 3.89. The number of benzene rings is 3. The van der Waals surface area contributed by atoms with Crippen LogP contribution in [0.5, 0.6) is 11.5 Å². The zero-order valence-electron chi connectivity index (χ0n) is 19.8. The van der Waals surface area contributed by atoms with E-state index >= 15 is 0 Å². The minimum atomic E-state index is -0.798. The molecule has 7 nitrogen and oxygen atoms in total. The largest absolute Gasteiger partial charge is 0.507 e. The summed E-state index contributed by atoms with van der Waals surface area (Å²) in [6.45, 7) is 3.21. The number of anilines is 2. The molecule has 0 aliphatic carbocycles. The Labute approximate surface area is 203 Å². The lowest BCUT2D eigenvalue weighted by molar-refractivity contribution is -0.132. The van der Waals surface area contributed by atoms with E-state index in [0.29, 0.717) is 41.5 Å². The fourth-order valence-electron chi connectivity index (χ4n) is 4.63. The molecular weight excluding hydrogens is 444 g/mol. The normalized spacial score (nSPS) is 18.9. The lowest BCUT2D eigenvalue weighted by Gasteiger charge is -2.28. The first-order valence-corrected chi connectivity index (χ1v) is 11.4. The van der Waals surface area contributed by atoms with Gasteiger partial charge in [-0.2, -0.15) is 0 Å². The van der Waals surface area contributed by atoms with Crippen molar-refractivity contribution in [3.63, 3.8) is 0 Å². The minimum absolute atomic E-state index is 0.0426. The Hall–Kier alpha value is -4.26. The molecule has 178 valence electrons. The highest BCUT2D eigenvalue weighted by Crippen LogP contribution is 2.43. The van der Waals surface area contributed by atoms with Crippen molar-refractivity contribution in [3.8, 4) is 11.5 Å². The monoisotopic (exact) mass is 470 g/mol. The number of carbonyl (C=O) groups excluding carboxylic acids is 2. The second-order valence-electron chi connectivity index (χ2n) is 8.73. The maximum Gasteiger partial charge on any atom is 0.300 e. The highest BCUT2D eigenvalue weighted by molar-refractivity contribution is 6.51. The van der Waals surface area contributed by atoms with E-state index in [4.69, 9.17) is 9.47 Å². The number of hydrogen-bond acceptors (Lipinski definition) is 6. The molecule has 0 aromatic heterocycles. The number of carbonyl (C=O) groups is 2. The molecule has 2 heterocycles. The number of fused-ring (bicyclic) bond motifs is 1. The van der Waals surface area contributed by atoms with Crippen molar-refractivity contribution < 1.29 is 24.2 Å². The summed E-state index contributed by atoms with van der Waals surface area (Å²) in [7, 11) is 3.52. The number of ketones is 1. The van der Waals surface area contributed by atoms with E-state index in [1.54, 1.807) is 55.6 Å². The Kier molecular flexibility index (Phi) is 5.68. The summed E-state index contributed by atoms with van der Waals surface area (Å²) < 4.78 is 11.0. The van der Waals surface area contributed by atoms with Crippen molar-refractivity contribution in [1.29, 1.82) is 0 Å². The van der Waals surface area contributed by atoms with E-state index in [1.807, 2.05) is 37.1 Å². The van der Waals surface area contributed by atoms with Crippen molar-refractivity contribution in [1.82, 2.24) is 0 Å². The first kappa shape index (κ1) is 22.5. The summed E-state index contributed by atoms with van der Waals surface area (Å²) >= 11 is 0. The first-order valence-electron chi connectivity index (χ1n) is 11.4. The molecule has 0 saturated carbocycles. The van der Waals surface area contributed by atoms with Gasteiger partial charge in [-0.3, -0.25) is 14.5 Å². The maximum absolute atomic E-state index is 13.4. The van der Waals surface area contributed by atoms with Gasteiger partial charge in [0.2, 0.25) is 0 Å². The van der Waals surface area contributed by atoms with E-state index in [9.17, 15) is 14.7 Å². The summed E-state index contributed by atoms with van der Waals surface area (Å²) in [5.41, 5.74) is 3.53. The zero-order chi connectivity index (χ0) is 24.7. The van der Waals surface area contributed by atoms with Gasteiger partial charge in [-0.25, -0.2) is 0 Å². The van der Waals surface area contributed by atoms with Gasteiger partial charge in [0.05, 0.1) is 31.0 Å². The number of nitrogens with zero attached hydrogens (tertiary/aromatic N) is 2. The quantitative estimate of drug-likeness (QED) is 0.345. The molecule has 35 heavy (non-hydrogen) atoms. The number of aliphatic hydroxyl groups is 1. The van der Waals surface area contributed by atoms with E-state index in [1.165, 1.54) is 4.90 Å². The van der Waals surface area contributed by atoms with Crippen LogP contribution in [0.1, 0.15) is 22.7 Å². The van der Waals surface area contributed by atoms with Crippen LogP contribution in [0.4, 0.5) is 11.4 Å². The van der Waals surface area contributed by atoms with Crippen LogP contribution in [-0.2, 0) is 9.59 Å². The molecule has 5 rings (SSSR count). The Morgan fingerprint density at radius 3 is 2.54 bits per heavy atom. The fraction of sp³-hybridized carbons (Fsp3) is 0.214. The number of aliphatic hydroxyl groups excluding tert-OH is 1. The molecule has 1 fully saturated rings. The fourth-order valence-corrected chi connectivity index (χ4v) is 4.63. The summed E-state index contributed by atoms with van der Waals surface area (Å²) in [5, 5.41) is 11.4. The number of Topliss-reactive ketones (excluding diaryl/α,β-unsaturated/α-hetero) is 1. The zero-order valence-corrected chi connectivity index (χ0v) is 19.8. The van der Waals surface area contributed by atoms with Crippen LogP contribution >= 0.6 is 0 Å². The van der Waals surface area contributed by atoms with Crippen LogP contribution < -0.4 is 19.3 Å². The van der Waals surface area contributed by atoms with Gasteiger partial charge >= 0.3 is 0 Å². The molecule has 3 aromatic rings. The van der Waals surface area contributed by atoms with Gasteiger partial charge in [-0.15, -0.1) is 0 Å². The Bertz CT molecular complexity index is 1350. The molecular formula is C28H26N2O5. The smallest absolute Gasteiger partial charge is 0.300 e. The van der Waals surface area contributed by atoms with Gasteiger partial charge in [0.25, 0.3) is 11.7 Å². The van der Waals surface area contributed by atoms with Crippen molar-refractivity contribution >= 4 is 28.8 Å². The van der Waals surface area contributed by atoms with E-state index in [2.05, 4.69) is 0 Å². The molecule has 0 radical (unpaired) electrons. The third-order valence-corrected chi connectivity index (χ3v) is 6.48. The molecule has 1 unspecified atom stereocenters. The van der Waals surface area contributed by atoms with Crippen LogP contribution in [0.2, 0.25) is 0 Å². The average molecular weight is 471 g/mol. The highest BCUT2D eigenvalue weighted by Gasteiger charge is 2.47. The van der Waals surface area contributed by atoms with Crippen LogP contribution in [0, 0.1) is 6.92 Å². The SMILES string of the molecule is COc1ccc(C2/C(=C(/O)c3ccc4c(c3)N(C)CCO4)C(=O)C(=O)N2c2cccc(C)c2)cc1. The summed E-state index contributed by atoms with van der Waals surface area (Å²) in [5.74, 6) is -0.272. The molecule has 1 amide bonds. The summed E-state index contributed by atoms with van der Waals surface area (Å²) in [6.07, 6.45) is 0. The van der Waals surface area contributed by atoms with Gasteiger partial charge in [0.1, 0.15) is 23.9 Å². The van der Waals surface area contributed by atoms with Crippen LogP contribution in [0.3, 0.4) is 0 Å². The topological polar surface area (TPSA) is 79.3 Å². The number of likely N-dealkylation sites (N-methyl/N-ethyl adjacent to an activating group) is 1. The molecule has 1 atom stereocenters. The molecule has 2 aliphatic rings. The lowest BCUT2D eigenvalue weighted by atomic mass is 9.94. The van der Waals surface area contributed by atoms with Crippen molar-refractivity contribution in [2.45, 2.75) is 13.0 Å². The second kappa shape index (κ2) is 8.83. The number of hydrogen-bond donors (Lipinski definition) is 1. The Balaban J connectivity index is 1.69. The molecule has 0 bridgehead atoms. The maximum atomic E-state index is 13.4. The predicted octanol–water partition coefficient (Wildman–Crippen LogP) is 4.46. The molecule has 1 saturated heterocycles. The minimum Gasteiger partial charge on any atom is -0.507 e. The van der Waals surface area contributed by atoms with Gasteiger partial charge in [0, 0.05) is 18.3 Å². The van der Waals surface area contributed by atoms with E-state index in [-0.39, 0.29) is 11.3 Å². The Morgan fingerprint density at radius 1 is 1.06 bits per heavy atom. The van der Waals surface area contributed by atoms with Crippen LogP contribution in [0.15, 0.2) is 72.3 Å². The first-order chi connectivity index (χ1) is 16.9. The predicted molar refractivity (Wildman–Crippen MR) is 134 cm³/mol. The molecule has 0 spiro atoms. The van der Waals surface area contributed by atoms with E-state index < -0.39 is 17.7 Å². The molecule has 1 N–H and O–H groups in total. The number of amides is 1. The van der Waals surface area contributed by atoms with Crippen LogP contribution in [0.25, 0.3) is 5.76 Å². The second-order valence-corrected chi connectivity index (χ2v) is 8.73. The average Bonchev–Trinajstić information content (AvgIpc) is 3.14. The van der Waals surface area contributed by atoms with Crippen molar-refractivity contribution in [2.24, 2.45) is 0 Å². The molecule has 3 aromatic carbocycles. The number of ether oxygens (including phenoxy) is 2.